The first-order valence-electron chi connectivity index (χ1n) is 6.56. The van der Waals surface area contributed by atoms with E-state index in [4.69, 9.17) is 4.74 Å². The number of rotatable bonds is 6. The molecular weight excluding hydrogens is 238 g/mol. The molecular formula is C15H21N3O. The van der Waals surface area contributed by atoms with Crippen molar-refractivity contribution in [2.75, 3.05) is 7.11 Å². The van der Waals surface area contributed by atoms with Crippen LogP contribution in [0, 0.1) is 0 Å². The van der Waals surface area contributed by atoms with E-state index < -0.39 is 0 Å². The van der Waals surface area contributed by atoms with Crippen molar-refractivity contribution in [3.63, 3.8) is 0 Å². The molecule has 0 fully saturated rings. The highest BCUT2D eigenvalue weighted by Gasteiger charge is 2.05. The fourth-order valence-corrected chi connectivity index (χ4v) is 2.02. The molecule has 1 heterocycles. The van der Waals surface area contributed by atoms with Crippen molar-refractivity contribution in [2.45, 2.75) is 33.0 Å². The van der Waals surface area contributed by atoms with Gasteiger partial charge in [0.1, 0.15) is 5.75 Å². The molecule has 0 bridgehead atoms. The monoisotopic (exact) mass is 259 g/mol. The van der Waals surface area contributed by atoms with Gasteiger partial charge in [-0.3, -0.25) is 4.68 Å². The minimum absolute atomic E-state index is 0.396. The van der Waals surface area contributed by atoms with Crippen molar-refractivity contribution in [3.05, 3.63) is 47.8 Å². The van der Waals surface area contributed by atoms with Crippen molar-refractivity contribution in [1.82, 2.24) is 15.1 Å². The van der Waals surface area contributed by atoms with Crippen LogP contribution in [0.4, 0.5) is 0 Å². The zero-order chi connectivity index (χ0) is 13.7. The van der Waals surface area contributed by atoms with Crippen LogP contribution < -0.4 is 10.1 Å². The van der Waals surface area contributed by atoms with Gasteiger partial charge >= 0.3 is 0 Å². The van der Waals surface area contributed by atoms with Crippen LogP contribution in [0.1, 0.15) is 31.1 Å². The molecule has 2 aromatic rings. The largest absolute Gasteiger partial charge is 0.497 e. The van der Waals surface area contributed by atoms with Gasteiger partial charge in [0.05, 0.1) is 12.8 Å². The highest BCUT2D eigenvalue weighted by molar-refractivity contribution is 5.27. The third-order valence-corrected chi connectivity index (χ3v) is 3.04. The third kappa shape index (κ3) is 3.58. The molecule has 0 aliphatic heterocycles. The number of ether oxygens (including phenoxy) is 1. The summed E-state index contributed by atoms with van der Waals surface area (Å²) in [5.41, 5.74) is 2.46. The van der Waals surface area contributed by atoms with Crippen LogP contribution in [0.5, 0.6) is 5.75 Å². The molecule has 0 aliphatic rings. The van der Waals surface area contributed by atoms with Crippen LogP contribution in [0.25, 0.3) is 0 Å². The maximum Gasteiger partial charge on any atom is 0.118 e. The van der Waals surface area contributed by atoms with E-state index in [1.165, 1.54) is 11.3 Å². The SMILES string of the molecule is COc1ccc(CNCc2ccnn2C(C)C)cc1. The highest BCUT2D eigenvalue weighted by atomic mass is 16.5. The Morgan fingerprint density at radius 1 is 1.16 bits per heavy atom. The van der Waals surface area contributed by atoms with E-state index in [1.807, 2.05) is 23.0 Å². The van der Waals surface area contributed by atoms with E-state index in [2.05, 4.69) is 42.5 Å². The van der Waals surface area contributed by atoms with Crippen molar-refractivity contribution in [3.8, 4) is 5.75 Å². The summed E-state index contributed by atoms with van der Waals surface area (Å²) in [5, 5.41) is 7.76. The molecule has 4 heteroatoms. The van der Waals surface area contributed by atoms with Gasteiger partial charge in [-0.05, 0) is 37.6 Å². The molecule has 1 aromatic heterocycles. The molecule has 0 atom stereocenters. The van der Waals surface area contributed by atoms with Crippen LogP contribution in [0.2, 0.25) is 0 Å². The molecule has 102 valence electrons. The van der Waals surface area contributed by atoms with Crippen LogP contribution in [-0.4, -0.2) is 16.9 Å². The van der Waals surface area contributed by atoms with Crippen LogP contribution in [0.3, 0.4) is 0 Å². The van der Waals surface area contributed by atoms with Crippen LogP contribution in [0.15, 0.2) is 36.5 Å². The molecule has 2 rings (SSSR count). The first-order valence-corrected chi connectivity index (χ1v) is 6.56. The number of aromatic nitrogens is 2. The fraction of sp³-hybridized carbons (Fsp3) is 0.400. The number of nitrogens with one attached hydrogen (secondary N) is 1. The lowest BCUT2D eigenvalue weighted by Gasteiger charge is -2.11. The van der Waals surface area contributed by atoms with E-state index in [0.717, 1.165) is 18.8 Å². The summed E-state index contributed by atoms with van der Waals surface area (Å²) in [6.07, 6.45) is 1.85. The molecule has 19 heavy (non-hydrogen) atoms. The maximum atomic E-state index is 5.14. The number of benzene rings is 1. The Labute approximate surface area is 114 Å². The van der Waals surface area contributed by atoms with E-state index in [1.54, 1.807) is 7.11 Å². The lowest BCUT2D eigenvalue weighted by molar-refractivity contribution is 0.414. The average molecular weight is 259 g/mol. The van der Waals surface area contributed by atoms with Gasteiger partial charge in [-0.2, -0.15) is 5.10 Å². The second-order valence-electron chi connectivity index (χ2n) is 4.81. The molecule has 0 unspecified atom stereocenters. The molecule has 0 saturated carbocycles. The Morgan fingerprint density at radius 3 is 2.53 bits per heavy atom. The topological polar surface area (TPSA) is 39.1 Å². The average Bonchev–Trinajstić information content (AvgIpc) is 2.88. The summed E-state index contributed by atoms with van der Waals surface area (Å²) in [5.74, 6) is 0.890. The van der Waals surface area contributed by atoms with E-state index in [-0.39, 0.29) is 0 Å². The summed E-state index contributed by atoms with van der Waals surface area (Å²) in [6, 6.07) is 10.6. The van der Waals surface area contributed by atoms with Crippen LogP contribution in [-0.2, 0) is 13.1 Å². The molecule has 0 saturated heterocycles. The summed E-state index contributed by atoms with van der Waals surface area (Å²) in [7, 11) is 1.68. The van der Waals surface area contributed by atoms with Gasteiger partial charge in [-0.15, -0.1) is 0 Å². The molecule has 4 nitrogen and oxygen atoms in total. The summed E-state index contributed by atoms with van der Waals surface area (Å²) >= 11 is 0. The van der Waals surface area contributed by atoms with Crippen LogP contribution >= 0.6 is 0 Å². The Bertz CT molecular complexity index is 502. The predicted molar refractivity (Wildman–Crippen MR) is 76.1 cm³/mol. The van der Waals surface area contributed by atoms with E-state index in [0.29, 0.717) is 6.04 Å². The first-order chi connectivity index (χ1) is 9.20. The Morgan fingerprint density at radius 2 is 1.89 bits per heavy atom. The molecule has 0 amide bonds. The Balaban J connectivity index is 1.87. The van der Waals surface area contributed by atoms with Gasteiger partial charge in [0.25, 0.3) is 0 Å². The smallest absolute Gasteiger partial charge is 0.118 e. The van der Waals surface area contributed by atoms with Crippen molar-refractivity contribution < 1.29 is 4.74 Å². The maximum absolute atomic E-state index is 5.14. The van der Waals surface area contributed by atoms with Gasteiger partial charge in [0.2, 0.25) is 0 Å². The number of hydrogen-bond donors (Lipinski definition) is 1. The number of methoxy groups -OCH3 is 1. The number of nitrogens with zero attached hydrogens (tertiary/aromatic N) is 2. The molecule has 1 aromatic carbocycles. The highest BCUT2D eigenvalue weighted by Crippen LogP contribution is 2.11. The van der Waals surface area contributed by atoms with Crippen molar-refractivity contribution in [1.29, 1.82) is 0 Å². The van der Waals surface area contributed by atoms with E-state index in [9.17, 15) is 0 Å². The molecule has 0 radical (unpaired) electrons. The Hall–Kier alpha value is -1.81. The summed E-state index contributed by atoms with van der Waals surface area (Å²) in [6.45, 7) is 5.94. The van der Waals surface area contributed by atoms with Gasteiger partial charge in [0, 0.05) is 25.3 Å². The summed E-state index contributed by atoms with van der Waals surface area (Å²) in [4.78, 5) is 0. The lowest BCUT2D eigenvalue weighted by Crippen LogP contribution is -2.17. The standard InChI is InChI=1S/C15H21N3O/c1-12(2)18-14(8-9-17-18)11-16-10-13-4-6-15(19-3)7-5-13/h4-9,12,16H,10-11H2,1-3H3. The fourth-order valence-electron chi connectivity index (χ4n) is 2.02. The predicted octanol–water partition coefficient (Wildman–Crippen LogP) is 2.76. The second kappa shape index (κ2) is 6.38. The minimum Gasteiger partial charge on any atom is -0.497 e. The van der Waals surface area contributed by atoms with Gasteiger partial charge in [-0.25, -0.2) is 0 Å². The van der Waals surface area contributed by atoms with Gasteiger partial charge in [0.15, 0.2) is 0 Å². The second-order valence-corrected chi connectivity index (χ2v) is 4.81. The zero-order valence-corrected chi connectivity index (χ0v) is 11.8. The third-order valence-electron chi connectivity index (χ3n) is 3.04. The normalized spacial score (nSPS) is 10.9. The molecule has 0 spiro atoms. The quantitative estimate of drug-likeness (QED) is 0.867. The van der Waals surface area contributed by atoms with Crippen molar-refractivity contribution >= 4 is 0 Å². The lowest BCUT2D eigenvalue weighted by atomic mass is 10.2. The number of hydrogen-bond acceptors (Lipinski definition) is 3. The van der Waals surface area contributed by atoms with Crippen molar-refractivity contribution in [2.24, 2.45) is 0 Å². The summed E-state index contributed by atoms with van der Waals surface area (Å²) < 4.78 is 7.19. The van der Waals surface area contributed by atoms with Gasteiger partial charge < -0.3 is 10.1 Å². The van der Waals surface area contributed by atoms with E-state index >= 15 is 0 Å². The van der Waals surface area contributed by atoms with Gasteiger partial charge in [-0.1, -0.05) is 12.1 Å². The minimum atomic E-state index is 0.396. The Kier molecular flexibility index (Phi) is 4.58. The zero-order valence-electron chi connectivity index (χ0n) is 11.8. The molecule has 1 N–H and O–H groups in total. The first kappa shape index (κ1) is 13.6. The molecule has 0 aliphatic carbocycles.